The molecule has 1 aromatic heterocycles. The van der Waals surface area contributed by atoms with Crippen LogP contribution in [0.15, 0.2) is 41.7 Å². The van der Waals surface area contributed by atoms with Gasteiger partial charge in [-0.05, 0) is 37.5 Å². The van der Waals surface area contributed by atoms with E-state index in [2.05, 4.69) is 10.4 Å². The van der Waals surface area contributed by atoms with Crippen LogP contribution in [0.25, 0.3) is 0 Å². The number of rotatable bonds is 5. The number of aliphatic imine (C=N–C) groups is 1. The van der Waals surface area contributed by atoms with Crippen LogP contribution in [0.3, 0.4) is 0 Å². The molecule has 0 unspecified atom stereocenters. The molecule has 2 saturated heterocycles. The topological polar surface area (TPSA) is 75.0 Å². The lowest BCUT2D eigenvalue weighted by molar-refractivity contribution is -0.120. The number of amides is 1. The van der Waals surface area contributed by atoms with Crippen LogP contribution >= 0.6 is 24.0 Å². The Hall–Kier alpha value is -2.21. The minimum Gasteiger partial charge on any atom is -0.381 e. The number of guanidine groups is 1. The summed E-state index contributed by atoms with van der Waals surface area (Å²) in [5.74, 6) is 0.520. The molecule has 0 saturated carbocycles. The SMILES string of the molecule is CCNC(=NCC1(c2ccc(F)cc2)CCOCC1)N1CCN(c2cnn(C)c2)C(=O)C1.I. The number of nitrogens with zero attached hydrogens (tertiary/aromatic N) is 5. The number of carbonyl (C=O) groups excluding carboxylic acids is 1. The number of piperazine rings is 1. The van der Waals surface area contributed by atoms with Crippen molar-refractivity contribution in [2.75, 3.05) is 50.8 Å². The highest BCUT2D eigenvalue weighted by molar-refractivity contribution is 14.0. The molecule has 0 radical (unpaired) electrons. The van der Waals surface area contributed by atoms with Gasteiger partial charge in [-0.3, -0.25) is 14.5 Å². The lowest BCUT2D eigenvalue weighted by Crippen LogP contribution is -2.55. The first-order valence-corrected chi connectivity index (χ1v) is 11.2. The molecule has 0 spiro atoms. The fourth-order valence-corrected chi connectivity index (χ4v) is 4.43. The van der Waals surface area contributed by atoms with Crippen molar-refractivity contribution in [1.82, 2.24) is 20.0 Å². The van der Waals surface area contributed by atoms with E-state index in [-0.39, 0.29) is 47.7 Å². The molecule has 1 amide bonds. The average Bonchev–Trinajstić information content (AvgIpc) is 3.23. The van der Waals surface area contributed by atoms with Crippen molar-refractivity contribution in [2.45, 2.75) is 25.2 Å². The first-order chi connectivity index (χ1) is 15.5. The summed E-state index contributed by atoms with van der Waals surface area (Å²) in [5, 5.41) is 7.52. The van der Waals surface area contributed by atoms with Crippen molar-refractivity contribution < 1.29 is 13.9 Å². The van der Waals surface area contributed by atoms with Crippen molar-refractivity contribution in [1.29, 1.82) is 0 Å². The maximum atomic E-state index is 13.5. The van der Waals surface area contributed by atoms with E-state index in [0.29, 0.717) is 39.4 Å². The lowest BCUT2D eigenvalue weighted by Gasteiger charge is -2.38. The molecular formula is C23H32FIN6O2. The summed E-state index contributed by atoms with van der Waals surface area (Å²) in [7, 11) is 1.84. The molecule has 0 aliphatic carbocycles. The maximum Gasteiger partial charge on any atom is 0.246 e. The highest BCUT2D eigenvalue weighted by Crippen LogP contribution is 2.35. The Morgan fingerprint density at radius 2 is 1.97 bits per heavy atom. The van der Waals surface area contributed by atoms with Crippen LogP contribution in [0.4, 0.5) is 10.1 Å². The smallest absolute Gasteiger partial charge is 0.246 e. The number of nitrogens with one attached hydrogen (secondary N) is 1. The summed E-state index contributed by atoms with van der Waals surface area (Å²) in [5.41, 5.74) is 1.70. The number of benzene rings is 1. The quantitative estimate of drug-likeness (QED) is 0.340. The number of carbonyl (C=O) groups is 1. The summed E-state index contributed by atoms with van der Waals surface area (Å²) in [6.45, 7) is 6.12. The molecule has 2 aromatic rings. The Bertz CT molecular complexity index is 958. The van der Waals surface area contributed by atoms with E-state index >= 15 is 0 Å². The minimum absolute atomic E-state index is 0. The van der Waals surface area contributed by atoms with Crippen LogP contribution in [0, 0.1) is 5.82 Å². The summed E-state index contributed by atoms with van der Waals surface area (Å²) in [6, 6.07) is 6.74. The fourth-order valence-electron chi connectivity index (χ4n) is 4.43. The number of halogens is 2. The monoisotopic (exact) mass is 570 g/mol. The Labute approximate surface area is 211 Å². The van der Waals surface area contributed by atoms with Gasteiger partial charge in [0.1, 0.15) is 12.4 Å². The second kappa shape index (κ2) is 11.3. The van der Waals surface area contributed by atoms with E-state index in [1.54, 1.807) is 15.8 Å². The highest BCUT2D eigenvalue weighted by atomic mass is 127. The van der Waals surface area contributed by atoms with Gasteiger partial charge in [0.25, 0.3) is 0 Å². The number of hydrogen-bond donors (Lipinski definition) is 1. The molecule has 2 aliphatic heterocycles. The highest BCUT2D eigenvalue weighted by Gasteiger charge is 2.35. The van der Waals surface area contributed by atoms with Gasteiger partial charge in [-0.2, -0.15) is 5.10 Å². The Morgan fingerprint density at radius 1 is 1.24 bits per heavy atom. The summed E-state index contributed by atoms with van der Waals surface area (Å²) >= 11 is 0. The molecule has 33 heavy (non-hydrogen) atoms. The molecule has 2 fully saturated rings. The van der Waals surface area contributed by atoms with Crippen molar-refractivity contribution >= 4 is 41.5 Å². The second-order valence-electron chi connectivity index (χ2n) is 8.41. The van der Waals surface area contributed by atoms with Crippen molar-refractivity contribution in [3.63, 3.8) is 0 Å². The predicted octanol–water partition coefficient (Wildman–Crippen LogP) is 2.54. The first kappa shape index (κ1) is 25.4. The molecule has 8 nitrogen and oxygen atoms in total. The molecule has 10 heteroatoms. The molecule has 1 N–H and O–H groups in total. The lowest BCUT2D eigenvalue weighted by atomic mass is 9.74. The normalized spacial score (nSPS) is 18.8. The van der Waals surface area contributed by atoms with E-state index in [4.69, 9.17) is 9.73 Å². The zero-order valence-electron chi connectivity index (χ0n) is 19.2. The van der Waals surface area contributed by atoms with E-state index in [9.17, 15) is 9.18 Å². The van der Waals surface area contributed by atoms with Gasteiger partial charge < -0.3 is 19.9 Å². The molecule has 0 atom stereocenters. The minimum atomic E-state index is -0.238. The van der Waals surface area contributed by atoms with E-state index in [0.717, 1.165) is 30.1 Å². The zero-order chi connectivity index (χ0) is 22.6. The molecule has 0 bridgehead atoms. The Balaban J connectivity index is 0.00000306. The van der Waals surface area contributed by atoms with Crippen molar-refractivity contribution in [2.24, 2.45) is 12.0 Å². The molecular weight excluding hydrogens is 538 g/mol. The standard InChI is InChI=1S/C23H31FN6O2.HI/c1-3-25-22(29-10-11-30(21(31)16-29)20-14-27-28(2)15-20)26-17-23(8-12-32-13-9-23)18-4-6-19(24)7-5-18;/h4-7,14-15H,3,8-13,16-17H2,1-2H3,(H,25,26);1H. The first-order valence-electron chi connectivity index (χ1n) is 11.2. The zero-order valence-corrected chi connectivity index (χ0v) is 21.5. The summed E-state index contributed by atoms with van der Waals surface area (Å²) in [4.78, 5) is 21.6. The van der Waals surface area contributed by atoms with Gasteiger partial charge in [-0.1, -0.05) is 12.1 Å². The van der Waals surface area contributed by atoms with E-state index in [1.165, 1.54) is 12.1 Å². The number of aryl methyl sites for hydroxylation is 1. The van der Waals surface area contributed by atoms with Gasteiger partial charge >= 0.3 is 0 Å². The molecule has 1 aromatic carbocycles. The van der Waals surface area contributed by atoms with Crippen molar-refractivity contribution in [3.05, 3.63) is 48.0 Å². The molecule has 180 valence electrons. The number of aromatic nitrogens is 2. The van der Waals surface area contributed by atoms with Crippen LogP contribution in [0.5, 0.6) is 0 Å². The average molecular weight is 570 g/mol. The van der Waals surface area contributed by atoms with Crippen LogP contribution < -0.4 is 10.2 Å². The van der Waals surface area contributed by atoms with Crippen LogP contribution in [0.1, 0.15) is 25.3 Å². The van der Waals surface area contributed by atoms with Gasteiger partial charge in [-0.25, -0.2) is 4.39 Å². The number of anilines is 1. The summed E-state index contributed by atoms with van der Waals surface area (Å²) < 4.78 is 20.8. The van der Waals surface area contributed by atoms with Gasteiger partial charge in [0.2, 0.25) is 5.91 Å². The van der Waals surface area contributed by atoms with Crippen molar-refractivity contribution in [3.8, 4) is 0 Å². The van der Waals surface area contributed by atoms with Gasteiger partial charge in [-0.15, -0.1) is 24.0 Å². The summed E-state index contributed by atoms with van der Waals surface area (Å²) in [6.07, 6.45) is 5.22. The largest absolute Gasteiger partial charge is 0.381 e. The number of ether oxygens (including phenoxy) is 1. The van der Waals surface area contributed by atoms with Gasteiger partial charge in [0, 0.05) is 51.5 Å². The van der Waals surface area contributed by atoms with Gasteiger partial charge in [0.05, 0.1) is 18.4 Å². The third kappa shape index (κ3) is 5.84. The van der Waals surface area contributed by atoms with Crippen LogP contribution in [-0.4, -0.2) is 72.5 Å². The fraction of sp³-hybridized carbons (Fsp3) is 0.522. The third-order valence-corrected chi connectivity index (χ3v) is 6.30. The molecule has 2 aliphatic rings. The number of hydrogen-bond acceptors (Lipinski definition) is 4. The van der Waals surface area contributed by atoms with E-state index in [1.807, 2.05) is 37.2 Å². The van der Waals surface area contributed by atoms with Gasteiger partial charge in [0.15, 0.2) is 5.96 Å². The van der Waals surface area contributed by atoms with Crippen LogP contribution in [-0.2, 0) is 22.0 Å². The third-order valence-electron chi connectivity index (χ3n) is 6.30. The van der Waals surface area contributed by atoms with Crippen LogP contribution in [0.2, 0.25) is 0 Å². The molecule has 3 heterocycles. The predicted molar refractivity (Wildman–Crippen MR) is 137 cm³/mol. The Kier molecular flexibility index (Phi) is 8.69. The maximum absolute atomic E-state index is 13.5. The Morgan fingerprint density at radius 3 is 2.58 bits per heavy atom. The molecule has 4 rings (SSSR count). The van der Waals surface area contributed by atoms with E-state index < -0.39 is 0 Å². The second-order valence-corrected chi connectivity index (χ2v) is 8.41.